The largest absolute Gasteiger partial charge is 0.493 e. The van der Waals surface area contributed by atoms with Gasteiger partial charge in [0.1, 0.15) is 6.61 Å². The maximum Gasteiger partial charge on any atom is 0.328 e. The Labute approximate surface area is 183 Å². The van der Waals surface area contributed by atoms with E-state index in [-0.39, 0.29) is 5.69 Å². The van der Waals surface area contributed by atoms with Crippen LogP contribution < -0.4 is 20.5 Å². The Morgan fingerprint density at radius 2 is 1.61 bits per heavy atom. The molecular formula is C25H33N3O3. The van der Waals surface area contributed by atoms with Crippen LogP contribution in [-0.4, -0.2) is 22.3 Å². The van der Waals surface area contributed by atoms with Gasteiger partial charge in [0.05, 0.1) is 18.1 Å². The van der Waals surface area contributed by atoms with Gasteiger partial charge in [-0.25, -0.2) is 4.79 Å². The van der Waals surface area contributed by atoms with Crippen molar-refractivity contribution in [2.45, 2.75) is 57.7 Å². The van der Waals surface area contributed by atoms with E-state index < -0.39 is 0 Å². The molecule has 1 saturated carbocycles. The van der Waals surface area contributed by atoms with E-state index in [1.54, 1.807) is 30.3 Å². The molecule has 1 fully saturated rings. The van der Waals surface area contributed by atoms with Crippen molar-refractivity contribution in [1.29, 1.82) is 0 Å². The summed E-state index contributed by atoms with van der Waals surface area (Å²) in [5, 5.41) is 3.71. The van der Waals surface area contributed by atoms with E-state index in [1.807, 2.05) is 24.3 Å². The molecule has 6 nitrogen and oxygen atoms in total. The fraction of sp³-hybridized carbons (Fsp3) is 0.480. The quantitative estimate of drug-likeness (QED) is 0.577. The van der Waals surface area contributed by atoms with Crippen LogP contribution in [0.5, 0.6) is 11.5 Å². The number of imidazole rings is 1. The third-order valence-corrected chi connectivity index (χ3v) is 6.41. The van der Waals surface area contributed by atoms with Crippen molar-refractivity contribution in [3.63, 3.8) is 0 Å². The minimum atomic E-state index is -0.0252. The van der Waals surface area contributed by atoms with Gasteiger partial charge in [0, 0.05) is 26.7 Å². The monoisotopic (exact) mass is 423 g/mol. The van der Waals surface area contributed by atoms with Gasteiger partial charge in [0.25, 0.3) is 0 Å². The van der Waals surface area contributed by atoms with Crippen LogP contribution in [0.25, 0.3) is 11.0 Å². The Kier molecular flexibility index (Phi) is 6.66. The van der Waals surface area contributed by atoms with Gasteiger partial charge in [-0.15, -0.1) is 0 Å². The number of benzene rings is 2. The summed E-state index contributed by atoms with van der Waals surface area (Å²) in [5.41, 5.74) is 4.01. The Bertz CT molecular complexity index is 1090. The standard InChI is InChI=1S/C25H33N3O3/c1-27-21-12-10-19(14-22(21)28(2)25(27)29)17-31-23-13-11-18(15-24(23)30-3)16-26-20-8-6-4-5-7-9-20/h10-15,20,26H,4-9,16-17H2,1-3H3. The van der Waals surface area contributed by atoms with Gasteiger partial charge in [0.2, 0.25) is 0 Å². The lowest BCUT2D eigenvalue weighted by atomic mass is 10.1. The van der Waals surface area contributed by atoms with E-state index in [0.717, 1.165) is 34.6 Å². The zero-order valence-corrected chi connectivity index (χ0v) is 18.8. The summed E-state index contributed by atoms with van der Waals surface area (Å²) >= 11 is 0. The number of aromatic nitrogens is 2. The van der Waals surface area contributed by atoms with E-state index in [0.29, 0.717) is 12.6 Å². The van der Waals surface area contributed by atoms with Crippen molar-refractivity contribution < 1.29 is 9.47 Å². The van der Waals surface area contributed by atoms with Gasteiger partial charge >= 0.3 is 5.69 Å². The average Bonchev–Trinajstić information content (AvgIpc) is 2.99. The van der Waals surface area contributed by atoms with Crippen molar-refractivity contribution in [3.05, 3.63) is 58.0 Å². The third kappa shape index (κ3) is 4.79. The van der Waals surface area contributed by atoms with Crippen LogP contribution in [0.15, 0.2) is 41.2 Å². The van der Waals surface area contributed by atoms with Crippen molar-refractivity contribution in [2.24, 2.45) is 14.1 Å². The topological polar surface area (TPSA) is 57.4 Å². The fourth-order valence-corrected chi connectivity index (χ4v) is 4.49. The van der Waals surface area contributed by atoms with E-state index in [2.05, 4.69) is 17.4 Å². The van der Waals surface area contributed by atoms with Gasteiger partial charge < -0.3 is 14.8 Å². The van der Waals surface area contributed by atoms with Crippen LogP contribution in [0.1, 0.15) is 49.7 Å². The number of aryl methyl sites for hydroxylation is 2. The fourth-order valence-electron chi connectivity index (χ4n) is 4.49. The van der Waals surface area contributed by atoms with E-state index in [9.17, 15) is 4.79 Å². The molecule has 6 heteroatoms. The molecule has 0 atom stereocenters. The molecule has 0 unspecified atom stereocenters. The zero-order chi connectivity index (χ0) is 21.8. The second-order valence-corrected chi connectivity index (χ2v) is 8.57. The molecule has 1 aliphatic rings. The summed E-state index contributed by atoms with van der Waals surface area (Å²) in [7, 11) is 5.26. The van der Waals surface area contributed by atoms with Crippen LogP contribution in [0, 0.1) is 0 Å². The molecule has 1 heterocycles. The summed E-state index contributed by atoms with van der Waals surface area (Å²) < 4.78 is 15.0. The maximum atomic E-state index is 12.1. The van der Waals surface area contributed by atoms with Crippen LogP contribution in [-0.2, 0) is 27.2 Å². The van der Waals surface area contributed by atoms with Crippen LogP contribution >= 0.6 is 0 Å². The molecule has 0 aliphatic heterocycles. The SMILES string of the molecule is COc1cc(CNC2CCCCCC2)ccc1OCc1ccc2c(c1)n(C)c(=O)n2C. The number of fused-ring (bicyclic) bond motifs is 1. The Balaban J connectivity index is 1.42. The highest BCUT2D eigenvalue weighted by atomic mass is 16.5. The molecule has 1 aromatic heterocycles. The number of hydrogen-bond donors (Lipinski definition) is 1. The molecule has 31 heavy (non-hydrogen) atoms. The van der Waals surface area contributed by atoms with Crippen molar-refractivity contribution >= 4 is 11.0 Å². The summed E-state index contributed by atoms with van der Waals surface area (Å²) in [6.45, 7) is 1.26. The van der Waals surface area contributed by atoms with Crippen LogP contribution in [0.4, 0.5) is 0 Å². The van der Waals surface area contributed by atoms with Crippen molar-refractivity contribution in [2.75, 3.05) is 7.11 Å². The molecular weight excluding hydrogens is 390 g/mol. The number of rotatable bonds is 7. The molecule has 0 spiro atoms. The highest BCUT2D eigenvalue weighted by molar-refractivity contribution is 5.76. The zero-order valence-electron chi connectivity index (χ0n) is 18.8. The second kappa shape index (κ2) is 9.60. The first-order valence-corrected chi connectivity index (χ1v) is 11.2. The lowest BCUT2D eigenvalue weighted by molar-refractivity contribution is 0.284. The first kappa shape index (κ1) is 21.5. The summed E-state index contributed by atoms with van der Waals surface area (Å²) in [5.74, 6) is 1.47. The van der Waals surface area contributed by atoms with Gasteiger partial charge in [-0.1, -0.05) is 37.8 Å². The molecule has 166 valence electrons. The first-order chi connectivity index (χ1) is 15.1. The van der Waals surface area contributed by atoms with Gasteiger partial charge in [-0.2, -0.15) is 0 Å². The Morgan fingerprint density at radius 1 is 0.903 bits per heavy atom. The first-order valence-electron chi connectivity index (χ1n) is 11.2. The minimum Gasteiger partial charge on any atom is -0.493 e. The molecule has 3 aromatic rings. The highest BCUT2D eigenvalue weighted by Gasteiger charge is 2.13. The van der Waals surface area contributed by atoms with Crippen LogP contribution in [0.2, 0.25) is 0 Å². The molecule has 1 aliphatic carbocycles. The number of hydrogen-bond acceptors (Lipinski definition) is 4. The van der Waals surface area contributed by atoms with E-state index in [4.69, 9.17) is 9.47 Å². The average molecular weight is 424 g/mol. The number of ether oxygens (including phenoxy) is 2. The molecule has 0 saturated heterocycles. The van der Waals surface area contributed by atoms with Gasteiger partial charge in [0.15, 0.2) is 11.5 Å². The number of methoxy groups -OCH3 is 1. The van der Waals surface area contributed by atoms with E-state index >= 15 is 0 Å². The highest BCUT2D eigenvalue weighted by Crippen LogP contribution is 2.29. The molecule has 0 radical (unpaired) electrons. The van der Waals surface area contributed by atoms with Crippen molar-refractivity contribution in [3.8, 4) is 11.5 Å². The third-order valence-electron chi connectivity index (χ3n) is 6.41. The molecule has 2 aromatic carbocycles. The second-order valence-electron chi connectivity index (χ2n) is 8.57. The molecule has 1 N–H and O–H groups in total. The van der Waals surface area contributed by atoms with E-state index in [1.165, 1.54) is 44.1 Å². The predicted octanol–water partition coefficient (Wildman–Crippen LogP) is 4.28. The summed E-state index contributed by atoms with van der Waals surface area (Å²) in [6, 6.07) is 12.7. The van der Waals surface area contributed by atoms with Gasteiger partial charge in [-0.3, -0.25) is 9.13 Å². The lowest BCUT2D eigenvalue weighted by Crippen LogP contribution is -2.27. The molecule has 0 bridgehead atoms. The number of nitrogens with one attached hydrogen (secondary N) is 1. The van der Waals surface area contributed by atoms with Gasteiger partial charge in [-0.05, 0) is 48.2 Å². The molecule has 0 amide bonds. The number of nitrogens with zero attached hydrogens (tertiary/aromatic N) is 2. The maximum absolute atomic E-state index is 12.1. The van der Waals surface area contributed by atoms with Crippen LogP contribution in [0.3, 0.4) is 0 Å². The Morgan fingerprint density at radius 3 is 2.35 bits per heavy atom. The predicted molar refractivity (Wildman–Crippen MR) is 124 cm³/mol. The smallest absolute Gasteiger partial charge is 0.328 e. The van der Waals surface area contributed by atoms with Crippen molar-refractivity contribution in [1.82, 2.24) is 14.5 Å². The lowest BCUT2D eigenvalue weighted by Gasteiger charge is -2.17. The summed E-state index contributed by atoms with van der Waals surface area (Å²) in [6.07, 6.45) is 7.94. The minimum absolute atomic E-state index is 0.0252. The Hall–Kier alpha value is -2.73. The molecule has 4 rings (SSSR count). The normalized spacial score (nSPS) is 15.2. The summed E-state index contributed by atoms with van der Waals surface area (Å²) in [4.78, 5) is 12.1.